The van der Waals surface area contributed by atoms with Crippen molar-refractivity contribution in [3.63, 3.8) is 0 Å². The van der Waals surface area contributed by atoms with Crippen LogP contribution in [0.25, 0.3) is 0 Å². The monoisotopic (exact) mass is 202 g/mol. The number of nitrogens with zero attached hydrogens (tertiary/aromatic N) is 1. The summed E-state index contributed by atoms with van der Waals surface area (Å²) in [5.41, 5.74) is 0.860. The van der Waals surface area contributed by atoms with E-state index in [0.717, 1.165) is 21.4 Å². The van der Waals surface area contributed by atoms with Crippen LogP contribution in [-0.4, -0.2) is 18.3 Å². The lowest BCUT2D eigenvalue weighted by molar-refractivity contribution is 1.14. The summed E-state index contributed by atoms with van der Waals surface area (Å²) in [5, 5.41) is 3.74. The Kier molecular flexibility index (Phi) is 3.23. The molecule has 0 saturated carbocycles. The van der Waals surface area contributed by atoms with E-state index in [-0.39, 0.29) is 0 Å². The number of thioether (sulfide) groups is 1. The lowest BCUT2D eigenvalue weighted by Gasteiger charge is -2.07. The highest BCUT2D eigenvalue weighted by atomic mass is 35.5. The van der Waals surface area contributed by atoms with Crippen molar-refractivity contribution in [2.75, 3.05) is 18.6 Å². The Morgan fingerprint density at radius 1 is 1.58 bits per heavy atom. The minimum Gasteiger partial charge on any atom is -0.372 e. The molecule has 0 aliphatic rings. The number of hydrogen-bond acceptors (Lipinski definition) is 3. The largest absolute Gasteiger partial charge is 0.372 e. The van der Waals surface area contributed by atoms with Crippen LogP contribution in [-0.2, 0) is 0 Å². The van der Waals surface area contributed by atoms with Crippen molar-refractivity contribution in [3.05, 3.63) is 16.8 Å². The van der Waals surface area contributed by atoms with E-state index in [2.05, 4.69) is 10.3 Å². The van der Waals surface area contributed by atoms with Crippen LogP contribution >= 0.6 is 23.4 Å². The van der Waals surface area contributed by atoms with Crippen molar-refractivity contribution in [1.29, 1.82) is 0 Å². The number of anilines is 1. The van der Waals surface area contributed by atoms with Gasteiger partial charge in [0.2, 0.25) is 0 Å². The zero-order chi connectivity index (χ0) is 9.14. The third-order valence-electron chi connectivity index (χ3n) is 1.57. The first kappa shape index (κ1) is 9.68. The Morgan fingerprint density at radius 3 is 2.75 bits per heavy atom. The summed E-state index contributed by atoms with van der Waals surface area (Å²) in [7, 11) is 1.86. The van der Waals surface area contributed by atoms with Gasteiger partial charge in [-0.1, -0.05) is 11.6 Å². The van der Waals surface area contributed by atoms with Gasteiger partial charge in [0, 0.05) is 7.05 Å². The molecule has 1 aromatic heterocycles. The minimum atomic E-state index is 0.721. The fourth-order valence-electron chi connectivity index (χ4n) is 0.899. The van der Waals surface area contributed by atoms with E-state index >= 15 is 0 Å². The highest BCUT2D eigenvalue weighted by Gasteiger charge is 2.04. The summed E-state index contributed by atoms with van der Waals surface area (Å²) in [6, 6.07) is 1.93. The average molecular weight is 203 g/mol. The predicted molar refractivity (Wildman–Crippen MR) is 55.3 cm³/mol. The summed E-state index contributed by atoms with van der Waals surface area (Å²) in [4.78, 5) is 5.38. The van der Waals surface area contributed by atoms with Gasteiger partial charge in [0.05, 0.1) is 15.6 Å². The van der Waals surface area contributed by atoms with E-state index in [1.807, 2.05) is 26.3 Å². The van der Waals surface area contributed by atoms with Crippen molar-refractivity contribution >= 4 is 29.2 Å². The van der Waals surface area contributed by atoms with Gasteiger partial charge in [0.25, 0.3) is 0 Å². The van der Waals surface area contributed by atoms with E-state index in [0.29, 0.717) is 0 Å². The first-order chi connectivity index (χ1) is 5.69. The normalized spacial score (nSPS) is 10.0. The van der Waals surface area contributed by atoms with Gasteiger partial charge in [-0.25, -0.2) is 4.98 Å². The quantitative estimate of drug-likeness (QED) is 0.747. The number of rotatable bonds is 2. The van der Waals surface area contributed by atoms with Crippen molar-refractivity contribution in [2.24, 2.45) is 0 Å². The standard InChI is InChI=1S/C8H11ClN2S/c1-5-6(9)4-7(12-3)8(10-2)11-5/h4H,1-3H3,(H,10,11). The fourth-order valence-corrected chi connectivity index (χ4v) is 1.69. The number of halogens is 1. The summed E-state index contributed by atoms with van der Waals surface area (Å²) >= 11 is 7.55. The van der Waals surface area contributed by atoms with Crippen LogP contribution in [0.5, 0.6) is 0 Å². The van der Waals surface area contributed by atoms with Gasteiger partial charge in [-0.05, 0) is 19.2 Å². The van der Waals surface area contributed by atoms with Crippen LogP contribution in [0.2, 0.25) is 5.02 Å². The molecule has 0 spiro atoms. The third kappa shape index (κ3) is 1.84. The topological polar surface area (TPSA) is 24.9 Å². The molecule has 1 N–H and O–H groups in total. The Hall–Kier alpha value is -0.410. The second-order valence-electron chi connectivity index (χ2n) is 2.36. The van der Waals surface area contributed by atoms with Crippen LogP contribution in [0.3, 0.4) is 0 Å². The van der Waals surface area contributed by atoms with Crippen LogP contribution in [0.1, 0.15) is 5.69 Å². The highest BCUT2D eigenvalue weighted by molar-refractivity contribution is 7.98. The van der Waals surface area contributed by atoms with Gasteiger partial charge in [0.1, 0.15) is 5.82 Å². The maximum absolute atomic E-state index is 5.92. The van der Waals surface area contributed by atoms with E-state index in [1.54, 1.807) is 11.8 Å². The average Bonchev–Trinajstić information content (AvgIpc) is 2.09. The molecule has 0 atom stereocenters. The number of pyridine rings is 1. The molecule has 0 aliphatic carbocycles. The fraction of sp³-hybridized carbons (Fsp3) is 0.375. The molecule has 1 heterocycles. The number of aryl methyl sites for hydroxylation is 1. The Bertz CT molecular complexity index is 260. The second-order valence-corrected chi connectivity index (χ2v) is 3.61. The summed E-state index contributed by atoms with van der Waals surface area (Å²) in [6.07, 6.45) is 2.00. The van der Waals surface area contributed by atoms with Crippen molar-refractivity contribution in [2.45, 2.75) is 11.8 Å². The van der Waals surface area contributed by atoms with Gasteiger partial charge < -0.3 is 5.32 Å². The minimum absolute atomic E-state index is 0.721. The van der Waals surface area contributed by atoms with Gasteiger partial charge >= 0.3 is 0 Å². The zero-order valence-corrected chi connectivity index (χ0v) is 8.88. The van der Waals surface area contributed by atoms with Crippen LogP contribution in [0.4, 0.5) is 5.82 Å². The SMILES string of the molecule is CNc1nc(C)c(Cl)cc1SC. The lowest BCUT2D eigenvalue weighted by Crippen LogP contribution is -1.96. The molecular formula is C8H11ClN2S. The van der Waals surface area contributed by atoms with Crippen LogP contribution in [0.15, 0.2) is 11.0 Å². The van der Waals surface area contributed by atoms with Crippen molar-refractivity contribution in [3.8, 4) is 0 Å². The Labute approximate surface area is 81.7 Å². The van der Waals surface area contributed by atoms with Gasteiger partial charge in [0.15, 0.2) is 0 Å². The molecular weight excluding hydrogens is 192 g/mol. The summed E-state index contributed by atoms with van der Waals surface area (Å²) in [5.74, 6) is 0.893. The molecule has 0 fully saturated rings. The first-order valence-corrected chi connectivity index (χ1v) is 5.18. The Balaban J connectivity index is 3.19. The highest BCUT2D eigenvalue weighted by Crippen LogP contribution is 2.27. The van der Waals surface area contributed by atoms with Crippen molar-refractivity contribution in [1.82, 2.24) is 4.98 Å². The number of nitrogens with one attached hydrogen (secondary N) is 1. The number of hydrogen-bond donors (Lipinski definition) is 1. The molecule has 0 aliphatic heterocycles. The molecule has 0 radical (unpaired) electrons. The molecule has 12 heavy (non-hydrogen) atoms. The molecule has 4 heteroatoms. The van der Waals surface area contributed by atoms with Crippen LogP contribution in [0, 0.1) is 6.92 Å². The molecule has 0 unspecified atom stereocenters. The molecule has 2 nitrogen and oxygen atoms in total. The maximum Gasteiger partial charge on any atom is 0.139 e. The second kappa shape index (κ2) is 4.01. The molecule has 0 amide bonds. The molecule has 0 bridgehead atoms. The predicted octanol–water partition coefficient (Wildman–Crippen LogP) is 2.81. The van der Waals surface area contributed by atoms with Crippen LogP contribution < -0.4 is 5.32 Å². The van der Waals surface area contributed by atoms with E-state index in [1.165, 1.54) is 0 Å². The smallest absolute Gasteiger partial charge is 0.139 e. The van der Waals surface area contributed by atoms with Gasteiger partial charge in [-0.3, -0.25) is 0 Å². The molecule has 0 saturated heterocycles. The Morgan fingerprint density at radius 2 is 2.25 bits per heavy atom. The maximum atomic E-state index is 5.92. The van der Waals surface area contributed by atoms with Gasteiger partial charge in [-0.15, -0.1) is 11.8 Å². The molecule has 0 aromatic carbocycles. The van der Waals surface area contributed by atoms with E-state index in [9.17, 15) is 0 Å². The van der Waals surface area contributed by atoms with Crippen molar-refractivity contribution < 1.29 is 0 Å². The molecule has 1 rings (SSSR count). The van der Waals surface area contributed by atoms with E-state index in [4.69, 9.17) is 11.6 Å². The van der Waals surface area contributed by atoms with Gasteiger partial charge in [-0.2, -0.15) is 0 Å². The lowest BCUT2D eigenvalue weighted by atomic mass is 10.3. The summed E-state index contributed by atoms with van der Waals surface area (Å²) < 4.78 is 0. The zero-order valence-electron chi connectivity index (χ0n) is 7.31. The number of aromatic nitrogens is 1. The first-order valence-electron chi connectivity index (χ1n) is 3.58. The molecule has 66 valence electrons. The molecule has 1 aromatic rings. The van der Waals surface area contributed by atoms with E-state index < -0.39 is 0 Å². The summed E-state index contributed by atoms with van der Waals surface area (Å²) in [6.45, 7) is 1.90. The third-order valence-corrected chi connectivity index (χ3v) is 2.71.